The SMILES string of the molecule is COc1ccc(Cl)cc1NC(=O)C(C)OC(=O)c1ccc(C)c(O)c1. The fourth-order valence-corrected chi connectivity index (χ4v) is 2.20. The normalized spacial score (nSPS) is 11.5. The maximum Gasteiger partial charge on any atom is 0.339 e. The van der Waals surface area contributed by atoms with Crippen molar-refractivity contribution in [2.75, 3.05) is 12.4 Å². The first-order valence-electron chi connectivity index (χ1n) is 7.47. The van der Waals surface area contributed by atoms with E-state index in [0.29, 0.717) is 22.0 Å². The van der Waals surface area contributed by atoms with Gasteiger partial charge in [-0.05, 0) is 49.7 Å². The van der Waals surface area contributed by atoms with Crippen molar-refractivity contribution < 1.29 is 24.2 Å². The third-order valence-corrected chi connectivity index (χ3v) is 3.75. The molecule has 6 nitrogen and oxygen atoms in total. The number of carbonyl (C=O) groups is 2. The van der Waals surface area contributed by atoms with Gasteiger partial charge in [0, 0.05) is 5.02 Å². The molecule has 0 aromatic heterocycles. The maximum atomic E-state index is 12.2. The van der Waals surface area contributed by atoms with E-state index < -0.39 is 18.0 Å². The van der Waals surface area contributed by atoms with Gasteiger partial charge in [-0.2, -0.15) is 0 Å². The molecule has 0 fully saturated rings. The van der Waals surface area contributed by atoms with Crippen LogP contribution in [0.2, 0.25) is 5.02 Å². The van der Waals surface area contributed by atoms with E-state index >= 15 is 0 Å². The molecule has 2 aromatic rings. The van der Waals surface area contributed by atoms with Crippen molar-refractivity contribution in [3.63, 3.8) is 0 Å². The molecule has 0 aliphatic rings. The zero-order valence-corrected chi connectivity index (χ0v) is 14.8. The van der Waals surface area contributed by atoms with E-state index in [4.69, 9.17) is 21.1 Å². The highest BCUT2D eigenvalue weighted by Gasteiger charge is 2.20. The number of anilines is 1. The summed E-state index contributed by atoms with van der Waals surface area (Å²) in [4.78, 5) is 24.3. The molecule has 0 bridgehead atoms. The van der Waals surface area contributed by atoms with E-state index in [-0.39, 0.29) is 11.3 Å². The standard InChI is InChI=1S/C18H18ClNO5/c1-10-4-5-12(8-15(10)21)18(23)25-11(2)17(22)20-14-9-13(19)6-7-16(14)24-3/h4-9,11,21H,1-3H3,(H,20,22). The summed E-state index contributed by atoms with van der Waals surface area (Å²) in [5, 5.41) is 12.7. The zero-order chi connectivity index (χ0) is 18.6. The summed E-state index contributed by atoms with van der Waals surface area (Å²) in [6.45, 7) is 3.15. The number of hydrogen-bond donors (Lipinski definition) is 2. The Morgan fingerprint density at radius 3 is 2.56 bits per heavy atom. The molecule has 0 spiro atoms. The second kappa shape index (κ2) is 7.90. The number of rotatable bonds is 5. The lowest BCUT2D eigenvalue weighted by Gasteiger charge is -2.15. The van der Waals surface area contributed by atoms with Gasteiger partial charge >= 0.3 is 5.97 Å². The predicted molar refractivity (Wildman–Crippen MR) is 94.4 cm³/mol. The van der Waals surface area contributed by atoms with E-state index in [2.05, 4.69) is 5.32 Å². The van der Waals surface area contributed by atoms with Gasteiger partial charge in [-0.3, -0.25) is 4.79 Å². The van der Waals surface area contributed by atoms with Gasteiger partial charge in [-0.25, -0.2) is 4.79 Å². The number of aromatic hydroxyl groups is 1. The van der Waals surface area contributed by atoms with E-state index in [1.54, 1.807) is 25.1 Å². The van der Waals surface area contributed by atoms with Gasteiger partial charge in [0.25, 0.3) is 5.91 Å². The zero-order valence-electron chi connectivity index (χ0n) is 14.0. The summed E-state index contributed by atoms with van der Waals surface area (Å²) < 4.78 is 10.3. The van der Waals surface area contributed by atoms with Crippen LogP contribution in [0.15, 0.2) is 36.4 Å². The number of aryl methyl sites for hydroxylation is 1. The first kappa shape index (κ1) is 18.6. The summed E-state index contributed by atoms with van der Waals surface area (Å²) in [5.74, 6) is -0.837. The number of nitrogens with one attached hydrogen (secondary N) is 1. The Hall–Kier alpha value is -2.73. The minimum absolute atomic E-state index is 0.0183. The van der Waals surface area contributed by atoms with Crippen LogP contribution < -0.4 is 10.1 Å². The van der Waals surface area contributed by atoms with Crippen molar-refractivity contribution in [3.05, 3.63) is 52.5 Å². The monoisotopic (exact) mass is 363 g/mol. The van der Waals surface area contributed by atoms with Gasteiger partial charge in [0.05, 0.1) is 18.4 Å². The molecule has 2 rings (SSSR count). The Morgan fingerprint density at radius 1 is 1.20 bits per heavy atom. The summed E-state index contributed by atoms with van der Waals surface area (Å²) in [7, 11) is 1.46. The molecule has 1 atom stereocenters. The summed E-state index contributed by atoms with van der Waals surface area (Å²) in [6, 6.07) is 9.18. The van der Waals surface area contributed by atoms with Crippen LogP contribution in [0.4, 0.5) is 5.69 Å². The van der Waals surface area contributed by atoms with Crippen molar-refractivity contribution in [3.8, 4) is 11.5 Å². The smallest absolute Gasteiger partial charge is 0.339 e. The number of halogens is 1. The average Bonchev–Trinajstić information content (AvgIpc) is 2.57. The van der Waals surface area contributed by atoms with Gasteiger partial charge in [-0.15, -0.1) is 0 Å². The Labute approximate surface area is 150 Å². The molecule has 7 heteroatoms. The molecule has 0 aliphatic heterocycles. The van der Waals surface area contributed by atoms with Gasteiger partial charge < -0.3 is 19.9 Å². The van der Waals surface area contributed by atoms with Crippen LogP contribution in [0.1, 0.15) is 22.8 Å². The first-order valence-corrected chi connectivity index (χ1v) is 7.84. The number of ether oxygens (including phenoxy) is 2. The lowest BCUT2D eigenvalue weighted by Crippen LogP contribution is -2.30. The molecular formula is C18H18ClNO5. The van der Waals surface area contributed by atoms with Crippen molar-refractivity contribution in [1.82, 2.24) is 0 Å². The quantitative estimate of drug-likeness (QED) is 0.793. The fraction of sp³-hybridized carbons (Fsp3) is 0.222. The second-order valence-electron chi connectivity index (χ2n) is 5.38. The molecule has 25 heavy (non-hydrogen) atoms. The molecule has 132 valence electrons. The molecule has 2 aromatic carbocycles. The fourth-order valence-electron chi connectivity index (χ4n) is 2.03. The molecule has 1 amide bonds. The summed E-state index contributed by atoms with van der Waals surface area (Å²) >= 11 is 5.91. The minimum Gasteiger partial charge on any atom is -0.508 e. The third-order valence-electron chi connectivity index (χ3n) is 3.52. The average molecular weight is 364 g/mol. The number of phenols is 1. The van der Waals surface area contributed by atoms with Crippen LogP contribution in [0, 0.1) is 6.92 Å². The second-order valence-corrected chi connectivity index (χ2v) is 5.82. The van der Waals surface area contributed by atoms with Crippen LogP contribution in [0.5, 0.6) is 11.5 Å². The van der Waals surface area contributed by atoms with E-state index in [1.165, 1.54) is 32.2 Å². The highest BCUT2D eigenvalue weighted by Crippen LogP contribution is 2.28. The molecule has 2 N–H and O–H groups in total. The lowest BCUT2D eigenvalue weighted by atomic mass is 10.1. The predicted octanol–water partition coefficient (Wildman–Crippen LogP) is 3.55. The van der Waals surface area contributed by atoms with Gasteiger partial charge in [0.15, 0.2) is 6.10 Å². The summed E-state index contributed by atoms with van der Waals surface area (Å²) in [5.41, 5.74) is 1.16. The number of phenolic OH excluding ortho intramolecular Hbond substituents is 1. The van der Waals surface area contributed by atoms with Crippen molar-refractivity contribution in [1.29, 1.82) is 0 Å². The molecule has 0 saturated heterocycles. The molecule has 1 unspecified atom stereocenters. The minimum atomic E-state index is -1.06. The number of benzene rings is 2. The van der Waals surface area contributed by atoms with E-state index in [1.807, 2.05) is 0 Å². The summed E-state index contributed by atoms with van der Waals surface area (Å²) in [6.07, 6.45) is -1.06. The Morgan fingerprint density at radius 2 is 1.92 bits per heavy atom. The van der Waals surface area contributed by atoms with Crippen LogP contribution in [0.3, 0.4) is 0 Å². The molecule has 0 saturated carbocycles. The number of methoxy groups -OCH3 is 1. The highest BCUT2D eigenvalue weighted by atomic mass is 35.5. The van der Waals surface area contributed by atoms with Crippen LogP contribution in [-0.2, 0) is 9.53 Å². The van der Waals surface area contributed by atoms with E-state index in [9.17, 15) is 14.7 Å². The Bertz CT molecular complexity index is 806. The molecule has 0 heterocycles. The number of hydrogen-bond acceptors (Lipinski definition) is 5. The van der Waals surface area contributed by atoms with E-state index in [0.717, 1.165) is 0 Å². The topological polar surface area (TPSA) is 84.9 Å². The largest absolute Gasteiger partial charge is 0.508 e. The highest BCUT2D eigenvalue weighted by molar-refractivity contribution is 6.31. The molecule has 0 radical (unpaired) electrons. The Balaban J connectivity index is 2.06. The first-order chi connectivity index (χ1) is 11.8. The molecular weight excluding hydrogens is 346 g/mol. The van der Waals surface area contributed by atoms with Crippen LogP contribution in [-0.4, -0.2) is 30.2 Å². The van der Waals surface area contributed by atoms with Crippen molar-refractivity contribution in [2.45, 2.75) is 20.0 Å². The number of carbonyl (C=O) groups excluding carboxylic acids is 2. The van der Waals surface area contributed by atoms with Crippen molar-refractivity contribution in [2.24, 2.45) is 0 Å². The van der Waals surface area contributed by atoms with Crippen molar-refractivity contribution >= 4 is 29.2 Å². The number of esters is 1. The molecule has 0 aliphatic carbocycles. The third kappa shape index (κ3) is 4.64. The van der Waals surface area contributed by atoms with Gasteiger partial charge in [0.2, 0.25) is 0 Å². The van der Waals surface area contributed by atoms with Crippen LogP contribution in [0.25, 0.3) is 0 Å². The Kier molecular flexibility index (Phi) is 5.88. The maximum absolute atomic E-state index is 12.2. The lowest BCUT2D eigenvalue weighted by molar-refractivity contribution is -0.123. The number of amides is 1. The van der Waals surface area contributed by atoms with Crippen LogP contribution >= 0.6 is 11.6 Å². The van der Waals surface area contributed by atoms with Gasteiger partial charge in [-0.1, -0.05) is 17.7 Å². The van der Waals surface area contributed by atoms with Gasteiger partial charge in [0.1, 0.15) is 11.5 Å².